The topological polar surface area (TPSA) is 75.7 Å². The van der Waals surface area contributed by atoms with Gasteiger partial charge in [0.15, 0.2) is 6.10 Å². The monoisotopic (exact) mass is 446 g/mol. The van der Waals surface area contributed by atoms with Gasteiger partial charge in [-0.2, -0.15) is 0 Å². The van der Waals surface area contributed by atoms with Crippen LogP contribution in [0.5, 0.6) is 5.75 Å². The molecule has 2 aliphatic carbocycles. The van der Waals surface area contributed by atoms with Crippen LogP contribution in [0.15, 0.2) is 53.4 Å². The first-order valence-electron chi connectivity index (χ1n) is 10.3. The number of halogens is 1. The van der Waals surface area contributed by atoms with E-state index in [0.717, 1.165) is 12.8 Å². The van der Waals surface area contributed by atoms with E-state index in [9.17, 15) is 13.2 Å². The molecule has 2 aromatic rings. The second-order valence-corrected chi connectivity index (χ2v) is 10.7. The molecule has 1 N–H and O–H groups in total. The van der Waals surface area contributed by atoms with Crippen molar-refractivity contribution < 1.29 is 17.9 Å². The molecule has 0 saturated heterocycles. The number of para-hydroxylation sites is 2. The summed E-state index contributed by atoms with van der Waals surface area (Å²) in [7, 11) is -3.88. The Morgan fingerprint density at radius 3 is 2.53 bits per heavy atom. The van der Waals surface area contributed by atoms with Crippen LogP contribution in [0.1, 0.15) is 25.7 Å². The molecular formula is C22H23ClN2O4S. The van der Waals surface area contributed by atoms with Gasteiger partial charge in [0.05, 0.1) is 17.1 Å². The van der Waals surface area contributed by atoms with Crippen LogP contribution in [-0.2, 0) is 14.8 Å². The Balaban J connectivity index is 1.42. The molecule has 30 heavy (non-hydrogen) atoms. The van der Waals surface area contributed by atoms with Crippen molar-refractivity contribution in [1.29, 1.82) is 0 Å². The van der Waals surface area contributed by atoms with Crippen LogP contribution in [0.4, 0.5) is 5.69 Å². The first kappa shape index (κ1) is 19.7. The summed E-state index contributed by atoms with van der Waals surface area (Å²) >= 11 is 5.92. The van der Waals surface area contributed by atoms with Crippen molar-refractivity contribution in [3.63, 3.8) is 0 Å². The Morgan fingerprint density at radius 1 is 1.07 bits per heavy atom. The van der Waals surface area contributed by atoms with E-state index in [1.807, 2.05) is 0 Å². The second-order valence-electron chi connectivity index (χ2n) is 8.35. The number of nitrogens with zero attached hydrogens (tertiary/aromatic N) is 1. The number of nitrogens with one attached hydrogen (secondary N) is 1. The first-order chi connectivity index (χ1) is 14.4. The van der Waals surface area contributed by atoms with Crippen molar-refractivity contribution in [2.75, 3.05) is 10.8 Å². The van der Waals surface area contributed by atoms with Gasteiger partial charge >= 0.3 is 0 Å². The molecule has 0 aromatic heterocycles. The highest BCUT2D eigenvalue weighted by Gasteiger charge is 2.43. The Hall–Kier alpha value is -2.25. The number of hydrogen-bond acceptors (Lipinski definition) is 4. The molecule has 1 heterocycles. The Morgan fingerprint density at radius 2 is 1.83 bits per heavy atom. The molecule has 6 nitrogen and oxygen atoms in total. The van der Waals surface area contributed by atoms with Gasteiger partial charge in [0.1, 0.15) is 5.75 Å². The van der Waals surface area contributed by atoms with E-state index in [2.05, 4.69) is 5.32 Å². The maximum absolute atomic E-state index is 13.4. The van der Waals surface area contributed by atoms with Gasteiger partial charge in [0, 0.05) is 11.1 Å². The average molecular weight is 447 g/mol. The number of amides is 1. The number of carbonyl (C=O) groups is 1. The third-order valence-corrected chi connectivity index (χ3v) is 8.54. The van der Waals surface area contributed by atoms with Crippen molar-refractivity contribution in [2.45, 2.75) is 42.7 Å². The summed E-state index contributed by atoms with van der Waals surface area (Å²) in [5, 5.41) is 3.59. The largest absolute Gasteiger partial charge is 0.476 e. The van der Waals surface area contributed by atoms with Crippen molar-refractivity contribution in [2.24, 2.45) is 11.8 Å². The molecular weight excluding hydrogens is 424 g/mol. The van der Waals surface area contributed by atoms with Gasteiger partial charge in [0.2, 0.25) is 0 Å². The highest BCUT2D eigenvalue weighted by Crippen LogP contribution is 2.44. The maximum Gasteiger partial charge on any atom is 0.264 e. The van der Waals surface area contributed by atoms with E-state index in [-0.39, 0.29) is 23.4 Å². The van der Waals surface area contributed by atoms with E-state index in [4.69, 9.17) is 16.3 Å². The summed E-state index contributed by atoms with van der Waals surface area (Å²) in [5.41, 5.74) is 0.427. The number of benzene rings is 2. The summed E-state index contributed by atoms with van der Waals surface area (Å²) in [4.78, 5) is 13.1. The van der Waals surface area contributed by atoms with Crippen LogP contribution in [0.3, 0.4) is 0 Å². The van der Waals surface area contributed by atoms with Crippen molar-refractivity contribution in [3.8, 4) is 5.75 Å². The van der Waals surface area contributed by atoms with Crippen molar-refractivity contribution in [1.82, 2.24) is 5.32 Å². The number of carbonyl (C=O) groups excluding carboxylic acids is 1. The fraction of sp³-hybridized carbons (Fsp3) is 0.409. The van der Waals surface area contributed by atoms with E-state index >= 15 is 0 Å². The lowest BCUT2D eigenvalue weighted by molar-refractivity contribution is -0.128. The minimum atomic E-state index is -3.88. The number of rotatable bonds is 4. The molecule has 4 atom stereocenters. The summed E-state index contributed by atoms with van der Waals surface area (Å²) in [6, 6.07) is 13.1. The Labute approximate surface area is 181 Å². The fourth-order valence-corrected chi connectivity index (χ4v) is 6.60. The van der Waals surface area contributed by atoms with Crippen LogP contribution >= 0.6 is 11.6 Å². The lowest BCUT2D eigenvalue weighted by atomic mass is 9.95. The lowest BCUT2D eigenvalue weighted by Crippen LogP contribution is -2.53. The second kappa shape index (κ2) is 7.46. The predicted octanol–water partition coefficient (Wildman–Crippen LogP) is 3.60. The van der Waals surface area contributed by atoms with E-state index < -0.39 is 16.1 Å². The number of fused-ring (bicyclic) bond motifs is 3. The van der Waals surface area contributed by atoms with Crippen molar-refractivity contribution >= 4 is 33.2 Å². The lowest BCUT2D eigenvalue weighted by Gasteiger charge is -2.35. The normalized spacial score (nSPS) is 27.4. The molecule has 1 amide bonds. The minimum Gasteiger partial charge on any atom is -0.476 e. The first-order valence-corrected chi connectivity index (χ1v) is 12.1. The number of ether oxygens (including phenoxy) is 1. The molecule has 1 aliphatic heterocycles. The summed E-state index contributed by atoms with van der Waals surface area (Å²) < 4.78 is 33.9. The molecule has 0 spiro atoms. The molecule has 0 radical (unpaired) electrons. The third-order valence-electron chi connectivity index (χ3n) is 6.49. The highest BCUT2D eigenvalue weighted by molar-refractivity contribution is 7.92. The van der Waals surface area contributed by atoms with Gasteiger partial charge in [-0.05, 0) is 67.5 Å². The molecule has 2 saturated carbocycles. The SMILES string of the molecule is O=C(N[C@H]1C[C@H]2CC[C@H]1C2)[C@@H]1CN(S(=O)(=O)c2ccc(Cl)cc2)c2ccccc2O1. The molecule has 158 valence electrons. The highest BCUT2D eigenvalue weighted by atomic mass is 35.5. The van der Waals surface area contributed by atoms with Gasteiger partial charge in [-0.25, -0.2) is 8.42 Å². The number of anilines is 1. The maximum atomic E-state index is 13.4. The van der Waals surface area contributed by atoms with Crippen molar-refractivity contribution in [3.05, 3.63) is 53.6 Å². The summed E-state index contributed by atoms with van der Waals surface area (Å²) in [6.45, 7) is -0.0748. The molecule has 5 rings (SSSR count). The Kier molecular flexibility index (Phi) is 4.90. The molecule has 0 unspecified atom stereocenters. The van der Waals surface area contributed by atoms with E-state index in [1.54, 1.807) is 36.4 Å². The fourth-order valence-electron chi connectivity index (χ4n) is 5.00. The Bertz CT molecular complexity index is 1070. The minimum absolute atomic E-state index is 0.0748. The molecule has 3 aliphatic rings. The summed E-state index contributed by atoms with van der Waals surface area (Å²) in [6.07, 6.45) is 3.68. The van der Waals surface area contributed by atoms with Crippen LogP contribution < -0.4 is 14.4 Å². The molecule has 2 bridgehead atoms. The number of hydrogen-bond donors (Lipinski definition) is 1. The van der Waals surface area contributed by atoms with Gasteiger partial charge in [0.25, 0.3) is 15.9 Å². The average Bonchev–Trinajstić information content (AvgIpc) is 3.36. The van der Waals surface area contributed by atoms with Crippen LogP contribution in [0.2, 0.25) is 5.02 Å². The molecule has 2 fully saturated rings. The van der Waals surface area contributed by atoms with Crippen LogP contribution in [0.25, 0.3) is 0 Å². The van der Waals surface area contributed by atoms with Gasteiger partial charge in [-0.3, -0.25) is 9.10 Å². The van der Waals surface area contributed by atoms with Gasteiger partial charge < -0.3 is 10.1 Å². The van der Waals surface area contributed by atoms with Crippen LogP contribution in [-0.4, -0.2) is 33.0 Å². The number of sulfonamides is 1. The molecule has 2 aromatic carbocycles. The zero-order valence-electron chi connectivity index (χ0n) is 16.3. The van der Waals surface area contributed by atoms with Gasteiger partial charge in [-0.1, -0.05) is 30.2 Å². The third kappa shape index (κ3) is 3.44. The quantitative estimate of drug-likeness (QED) is 0.778. The predicted molar refractivity (Wildman–Crippen MR) is 114 cm³/mol. The van der Waals surface area contributed by atoms with E-state index in [0.29, 0.717) is 28.3 Å². The smallest absolute Gasteiger partial charge is 0.264 e. The zero-order chi connectivity index (χ0) is 20.9. The van der Waals surface area contributed by atoms with E-state index in [1.165, 1.54) is 29.3 Å². The zero-order valence-corrected chi connectivity index (χ0v) is 17.9. The van der Waals surface area contributed by atoms with Crippen LogP contribution in [0, 0.1) is 11.8 Å². The molecule has 8 heteroatoms. The standard InChI is InChI=1S/C22H23ClN2O4S/c23-16-7-9-17(10-8-16)30(27,28)25-13-21(29-20-4-2-1-3-19(20)25)22(26)24-18-12-14-5-6-15(18)11-14/h1-4,7-10,14-15,18,21H,5-6,11-13H2,(H,24,26)/t14-,15-,18-,21-/m0/s1. The summed E-state index contributed by atoms with van der Waals surface area (Å²) in [5.74, 6) is 1.37. The van der Waals surface area contributed by atoms with Gasteiger partial charge in [-0.15, -0.1) is 0 Å².